The lowest BCUT2D eigenvalue weighted by molar-refractivity contribution is 0.0684. The number of carboxylic acids is 1. The number of nitrogens with zero attached hydrogens (tertiary/aromatic N) is 1. The van der Waals surface area contributed by atoms with E-state index in [0.29, 0.717) is 10.5 Å². The Labute approximate surface area is 84.5 Å². The van der Waals surface area contributed by atoms with Gasteiger partial charge in [0, 0.05) is 0 Å². The van der Waals surface area contributed by atoms with Gasteiger partial charge in [-0.05, 0) is 28.3 Å². The number of carbonyl (C=O) groups is 1. The number of halogens is 1. The van der Waals surface area contributed by atoms with Crippen LogP contribution in [0.1, 0.15) is 30.2 Å². The molecule has 5 heteroatoms. The van der Waals surface area contributed by atoms with Crippen LogP contribution in [0.3, 0.4) is 0 Å². The summed E-state index contributed by atoms with van der Waals surface area (Å²) < 4.78 is 0.596. The maximum atomic E-state index is 10.5. The summed E-state index contributed by atoms with van der Waals surface area (Å²) in [6, 6.07) is 0. The molecule has 0 saturated carbocycles. The number of imidazole rings is 1. The van der Waals surface area contributed by atoms with Gasteiger partial charge in [-0.15, -0.1) is 0 Å². The van der Waals surface area contributed by atoms with Gasteiger partial charge in [-0.25, -0.2) is 9.78 Å². The third-order valence-electron chi connectivity index (χ3n) is 1.54. The van der Waals surface area contributed by atoms with Crippen molar-refractivity contribution in [1.29, 1.82) is 0 Å². The summed E-state index contributed by atoms with van der Waals surface area (Å²) in [5.74, 6) is -0.573. The van der Waals surface area contributed by atoms with Gasteiger partial charge < -0.3 is 10.1 Å². The molecular weight excluding hydrogens is 236 g/mol. The maximum absolute atomic E-state index is 10.5. The number of hydrogen-bond acceptors (Lipinski definition) is 2. The van der Waals surface area contributed by atoms with E-state index in [9.17, 15) is 4.79 Å². The molecule has 1 rings (SSSR count). The fourth-order valence-electron chi connectivity index (χ4n) is 1.03. The second-order valence-electron chi connectivity index (χ2n) is 3.26. The first-order valence-corrected chi connectivity index (χ1v) is 4.77. The topological polar surface area (TPSA) is 66.0 Å². The Bertz CT molecular complexity index is 320. The molecule has 0 aliphatic rings. The second-order valence-corrected chi connectivity index (χ2v) is 4.01. The average molecular weight is 247 g/mol. The van der Waals surface area contributed by atoms with Crippen LogP contribution < -0.4 is 0 Å². The maximum Gasteiger partial charge on any atom is 0.371 e. The molecule has 2 N–H and O–H groups in total. The molecule has 0 unspecified atom stereocenters. The van der Waals surface area contributed by atoms with Crippen LogP contribution in [-0.4, -0.2) is 21.0 Å². The van der Waals surface area contributed by atoms with Crippen LogP contribution in [0.5, 0.6) is 0 Å². The Hall–Kier alpha value is -0.840. The Morgan fingerprint density at radius 3 is 2.69 bits per heavy atom. The Balaban J connectivity index is 2.90. The van der Waals surface area contributed by atoms with Crippen LogP contribution in [0.2, 0.25) is 0 Å². The van der Waals surface area contributed by atoms with Gasteiger partial charge in [0.05, 0.1) is 5.69 Å². The van der Waals surface area contributed by atoms with Gasteiger partial charge in [0.1, 0.15) is 4.60 Å². The number of aromatic nitrogens is 2. The SMILES string of the molecule is CC(C)Cc1[nH]c(C(=O)O)nc1Br. The fraction of sp³-hybridized carbons (Fsp3) is 0.500. The highest BCUT2D eigenvalue weighted by Gasteiger charge is 2.13. The summed E-state index contributed by atoms with van der Waals surface area (Å²) in [5.41, 5.74) is 0.840. The molecule has 0 atom stereocenters. The predicted octanol–water partition coefficient (Wildman–Crippen LogP) is 2.07. The molecular formula is C8H11BrN2O2. The van der Waals surface area contributed by atoms with Crippen LogP contribution in [0.4, 0.5) is 0 Å². The summed E-state index contributed by atoms with van der Waals surface area (Å²) >= 11 is 3.21. The van der Waals surface area contributed by atoms with Gasteiger partial charge in [-0.1, -0.05) is 13.8 Å². The lowest BCUT2D eigenvalue weighted by Crippen LogP contribution is -2.00. The molecule has 1 aromatic rings. The van der Waals surface area contributed by atoms with Crippen molar-refractivity contribution in [2.24, 2.45) is 5.92 Å². The number of rotatable bonds is 3. The van der Waals surface area contributed by atoms with Crippen LogP contribution >= 0.6 is 15.9 Å². The van der Waals surface area contributed by atoms with Crippen molar-refractivity contribution in [3.05, 3.63) is 16.1 Å². The van der Waals surface area contributed by atoms with Crippen molar-refractivity contribution < 1.29 is 9.90 Å². The molecule has 13 heavy (non-hydrogen) atoms. The largest absolute Gasteiger partial charge is 0.475 e. The van der Waals surface area contributed by atoms with Gasteiger partial charge in [-0.2, -0.15) is 0 Å². The molecule has 0 bridgehead atoms. The van der Waals surface area contributed by atoms with Crippen molar-refractivity contribution in [2.45, 2.75) is 20.3 Å². The molecule has 0 fully saturated rings. The van der Waals surface area contributed by atoms with Gasteiger partial charge in [0.25, 0.3) is 0 Å². The highest BCUT2D eigenvalue weighted by molar-refractivity contribution is 9.10. The van der Waals surface area contributed by atoms with Crippen molar-refractivity contribution in [3.63, 3.8) is 0 Å². The van der Waals surface area contributed by atoms with Crippen molar-refractivity contribution in [2.75, 3.05) is 0 Å². The third kappa shape index (κ3) is 2.55. The Morgan fingerprint density at radius 2 is 2.31 bits per heavy atom. The predicted molar refractivity (Wildman–Crippen MR) is 51.8 cm³/mol. The standard InChI is InChI=1S/C8H11BrN2O2/c1-4(2)3-5-6(9)11-7(10-5)8(12)13/h4H,3H2,1-2H3,(H,10,11)(H,12,13). The first-order valence-electron chi connectivity index (χ1n) is 3.98. The molecule has 72 valence electrons. The van der Waals surface area contributed by atoms with Crippen molar-refractivity contribution in [3.8, 4) is 0 Å². The van der Waals surface area contributed by atoms with Crippen LogP contribution in [-0.2, 0) is 6.42 Å². The monoisotopic (exact) mass is 246 g/mol. The number of H-pyrrole nitrogens is 1. The van der Waals surface area contributed by atoms with E-state index in [-0.39, 0.29) is 5.82 Å². The zero-order valence-corrected chi connectivity index (χ0v) is 9.05. The fourth-order valence-corrected chi connectivity index (χ4v) is 1.47. The minimum atomic E-state index is -1.03. The molecule has 0 aromatic carbocycles. The summed E-state index contributed by atoms with van der Waals surface area (Å²) in [4.78, 5) is 17.1. The molecule has 4 nitrogen and oxygen atoms in total. The molecule has 1 heterocycles. The second kappa shape index (κ2) is 3.91. The average Bonchev–Trinajstić information content (AvgIpc) is 2.31. The van der Waals surface area contributed by atoms with Crippen LogP contribution in [0.25, 0.3) is 0 Å². The minimum Gasteiger partial charge on any atom is -0.475 e. The van der Waals surface area contributed by atoms with Gasteiger partial charge >= 0.3 is 5.97 Å². The number of aromatic amines is 1. The summed E-state index contributed by atoms with van der Waals surface area (Å²) in [6.07, 6.45) is 0.793. The number of aromatic carboxylic acids is 1. The van der Waals surface area contributed by atoms with Crippen molar-refractivity contribution in [1.82, 2.24) is 9.97 Å². The van der Waals surface area contributed by atoms with Crippen LogP contribution in [0, 0.1) is 5.92 Å². The first-order chi connectivity index (χ1) is 6.00. The number of carboxylic acid groups (broad SMARTS) is 1. The molecule has 0 radical (unpaired) electrons. The van der Waals surface area contributed by atoms with E-state index in [2.05, 4.69) is 39.7 Å². The smallest absolute Gasteiger partial charge is 0.371 e. The molecule has 0 spiro atoms. The van der Waals surface area contributed by atoms with E-state index in [1.54, 1.807) is 0 Å². The van der Waals surface area contributed by atoms with Gasteiger partial charge in [0.2, 0.25) is 5.82 Å². The van der Waals surface area contributed by atoms with E-state index < -0.39 is 5.97 Å². The highest BCUT2D eigenvalue weighted by Crippen LogP contribution is 2.17. The quantitative estimate of drug-likeness (QED) is 0.859. The first kappa shape index (κ1) is 10.2. The van der Waals surface area contributed by atoms with E-state index in [4.69, 9.17) is 5.11 Å². The van der Waals surface area contributed by atoms with E-state index in [0.717, 1.165) is 12.1 Å². The van der Waals surface area contributed by atoms with Gasteiger partial charge in [0.15, 0.2) is 0 Å². The lowest BCUT2D eigenvalue weighted by atomic mass is 10.1. The van der Waals surface area contributed by atoms with E-state index in [1.807, 2.05) is 0 Å². The Morgan fingerprint density at radius 1 is 1.69 bits per heavy atom. The zero-order valence-electron chi connectivity index (χ0n) is 7.47. The molecule has 0 aliphatic carbocycles. The van der Waals surface area contributed by atoms with E-state index >= 15 is 0 Å². The van der Waals surface area contributed by atoms with Crippen molar-refractivity contribution >= 4 is 21.9 Å². The molecule has 1 aromatic heterocycles. The molecule has 0 amide bonds. The summed E-state index contributed by atoms with van der Waals surface area (Å²) in [7, 11) is 0. The third-order valence-corrected chi connectivity index (χ3v) is 2.20. The summed E-state index contributed by atoms with van der Waals surface area (Å²) in [6.45, 7) is 4.13. The van der Waals surface area contributed by atoms with E-state index in [1.165, 1.54) is 0 Å². The number of nitrogens with one attached hydrogen (secondary N) is 1. The highest BCUT2D eigenvalue weighted by atomic mass is 79.9. The minimum absolute atomic E-state index is 0.0116. The zero-order chi connectivity index (χ0) is 10.0. The van der Waals surface area contributed by atoms with Crippen LogP contribution in [0.15, 0.2) is 4.60 Å². The van der Waals surface area contributed by atoms with Gasteiger partial charge in [-0.3, -0.25) is 0 Å². The lowest BCUT2D eigenvalue weighted by Gasteiger charge is -2.00. The Kier molecular flexibility index (Phi) is 3.08. The summed E-state index contributed by atoms with van der Waals surface area (Å²) in [5, 5.41) is 8.64. The normalized spacial score (nSPS) is 10.8. The molecule has 0 aliphatic heterocycles. The number of hydrogen-bond donors (Lipinski definition) is 2. The molecule has 0 saturated heterocycles.